The molecule has 10 nitrogen and oxygen atoms in total. The summed E-state index contributed by atoms with van der Waals surface area (Å²) in [4.78, 5) is 27.4. The molecule has 2 aromatic rings. The van der Waals surface area contributed by atoms with Crippen LogP contribution in [0.1, 0.15) is 6.92 Å². The average Bonchev–Trinajstić information content (AvgIpc) is 2.83. The number of hydrogen-bond acceptors (Lipinski definition) is 7. The SMILES string of the molecule is CCOC(=O)N1CCN(C(=O)COc2ccc(S(=O)(=O)Nc3ccc(OC)cc3)cc2)CC1. The summed E-state index contributed by atoms with van der Waals surface area (Å²) in [5, 5.41) is 0. The average molecular weight is 478 g/mol. The van der Waals surface area contributed by atoms with E-state index in [2.05, 4.69) is 4.72 Å². The van der Waals surface area contributed by atoms with Gasteiger partial charge < -0.3 is 24.0 Å². The summed E-state index contributed by atoms with van der Waals surface area (Å²) < 4.78 is 43.2. The van der Waals surface area contributed by atoms with Gasteiger partial charge in [0.1, 0.15) is 11.5 Å². The lowest BCUT2D eigenvalue weighted by Gasteiger charge is -2.33. The highest BCUT2D eigenvalue weighted by Gasteiger charge is 2.25. The van der Waals surface area contributed by atoms with Gasteiger partial charge in [-0.15, -0.1) is 0 Å². The van der Waals surface area contributed by atoms with Gasteiger partial charge in [0.2, 0.25) is 0 Å². The number of hydrogen-bond donors (Lipinski definition) is 1. The first-order valence-corrected chi connectivity index (χ1v) is 11.9. The Labute approximate surface area is 193 Å². The van der Waals surface area contributed by atoms with Gasteiger partial charge in [0.15, 0.2) is 6.61 Å². The fraction of sp³-hybridized carbons (Fsp3) is 0.364. The van der Waals surface area contributed by atoms with Crippen molar-refractivity contribution in [2.45, 2.75) is 11.8 Å². The first kappa shape index (κ1) is 24.2. The summed E-state index contributed by atoms with van der Waals surface area (Å²) in [6.45, 7) is 3.47. The van der Waals surface area contributed by atoms with Crippen LogP contribution in [0.5, 0.6) is 11.5 Å². The van der Waals surface area contributed by atoms with Crippen molar-refractivity contribution in [2.75, 3.05) is 51.2 Å². The van der Waals surface area contributed by atoms with Crippen molar-refractivity contribution < 1.29 is 32.2 Å². The van der Waals surface area contributed by atoms with Crippen LogP contribution >= 0.6 is 0 Å². The molecule has 0 saturated carbocycles. The standard InChI is InChI=1S/C22H27N3O7S/c1-3-31-22(27)25-14-12-24(13-15-25)21(26)16-32-19-8-10-20(11-9-19)33(28,29)23-17-4-6-18(30-2)7-5-17/h4-11,23H,3,12-16H2,1-2H3. The van der Waals surface area contributed by atoms with Gasteiger partial charge in [0, 0.05) is 31.9 Å². The number of carbonyl (C=O) groups excluding carboxylic acids is 2. The Balaban J connectivity index is 1.50. The van der Waals surface area contributed by atoms with E-state index >= 15 is 0 Å². The molecular formula is C22H27N3O7S. The van der Waals surface area contributed by atoms with Crippen molar-refractivity contribution >= 4 is 27.7 Å². The third-order valence-electron chi connectivity index (χ3n) is 5.00. The molecule has 2 amide bonds. The maximum Gasteiger partial charge on any atom is 0.409 e. The van der Waals surface area contributed by atoms with Gasteiger partial charge >= 0.3 is 6.09 Å². The minimum atomic E-state index is -3.78. The van der Waals surface area contributed by atoms with Crippen molar-refractivity contribution in [2.24, 2.45) is 0 Å². The van der Waals surface area contributed by atoms with E-state index in [0.717, 1.165) is 0 Å². The normalized spacial score (nSPS) is 13.9. The molecule has 0 radical (unpaired) electrons. The number of nitrogens with zero attached hydrogens (tertiary/aromatic N) is 2. The maximum absolute atomic E-state index is 12.6. The zero-order chi connectivity index (χ0) is 23.8. The molecular weight excluding hydrogens is 450 g/mol. The van der Waals surface area contributed by atoms with E-state index < -0.39 is 10.0 Å². The largest absolute Gasteiger partial charge is 0.497 e. The molecule has 0 aliphatic carbocycles. The number of sulfonamides is 1. The first-order chi connectivity index (χ1) is 15.8. The van der Waals surface area contributed by atoms with Gasteiger partial charge in [-0.1, -0.05) is 0 Å². The van der Waals surface area contributed by atoms with E-state index in [1.807, 2.05) is 0 Å². The molecule has 1 aliphatic heterocycles. The van der Waals surface area contributed by atoms with Crippen LogP contribution in [0.25, 0.3) is 0 Å². The summed E-state index contributed by atoms with van der Waals surface area (Å²) in [7, 11) is -2.25. The van der Waals surface area contributed by atoms with Crippen LogP contribution in [0.2, 0.25) is 0 Å². The first-order valence-electron chi connectivity index (χ1n) is 10.4. The number of nitrogens with one attached hydrogen (secondary N) is 1. The molecule has 178 valence electrons. The van der Waals surface area contributed by atoms with Gasteiger partial charge in [-0.05, 0) is 55.5 Å². The number of rotatable bonds is 8. The molecule has 3 rings (SSSR count). The highest BCUT2D eigenvalue weighted by Crippen LogP contribution is 2.21. The van der Waals surface area contributed by atoms with Crippen LogP contribution in [-0.2, 0) is 19.6 Å². The lowest BCUT2D eigenvalue weighted by atomic mass is 10.3. The number of ether oxygens (including phenoxy) is 3. The van der Waals surface area contributed by atoms with Crippen LogP contribution in [0.4, 0.5) is 10.5 Å². The summed E-state index contributed by atoms with van der Waals surface area (Å²) in [5.74, 6) is 0.781. The second-order valence-corrected chi connectivity index (χ2v) is 8.84. The van der Waals surface area contributed by atoms with Crippen molar-refractivity contribution in [3.63, 3.8) is 0 Å². The molecule has 33 heavy (non-hydrogen) atoms. The molecule has 0 unspecified atom stereocenters. The van der Waals surface area contributed by atoms with E-state index in [9.17, 15) is 18.0 Å². The van der Waals surface area contributed by atoms with Crippen molar-refractivity contribution in [1.82, 2.24) is 9.80 Å². The summed E-state index contributed by atoms with van der Waals surface area (Å²) in [6.07, 6.45) is -0.377. The topological polar surface area (TPSA) is 114 Å². The monoisotopic (exact) mass is 477 g/mol. The van der Waals surface area contributed by atoms with E-state index in [4.69, 9.17) is 14.2 Å². The Morgan fingerprint density at radius 2 is 1.48 bits per heavy atom. The van der Waals surface area contributed by atoms with Crippen LogP contribution in [0.3, 0.4) is 0 Å². The van der Waals surface area contributed by atoms with Crippen LogP contribution < -0.4 is 14.2 Å². The number of methoxy groups -OCH3 is 1. The third-order valence-corrected chi connectivity index (χ3v) is 6.39. The number of amides is 2. The molecule has 0 atom stereocenters. The highest BCUT2D eigenvalue weighted by atomic mass is 32.2. The second-order valence-electron chi connectivity index (χ2n) is 7.16. The van der Waals surface area contributed by atoms with Gasteiger partial charge in [-0.25, -0.2) is 13.2 Å². The number of carbonyl (C=O) groups is 2. The highest BCUT2D eigenvalue weighted by molar-refractivity contribution is 7.92. The minimum absolute atomic E-state index is 0.0621. The summed E-state index contributed by atoms with van der Waals surface area (Å²) >= 11 is 0. The number of benzene rings is 2. The molecule has 0 aromatic heterocycles. The Bertz CT molecular complexity index is 1050. The maximum atomic E-state index is 12.6. The smallest absolute Gasteiger partial charge is 0.409 e. The lowest BCUT2D eigenvalue weighted by Crippen LogP contribution is -2.51. The molecule has 1 heterocycles. The van der Waals surface area contributed by atoms with Gasteiger partial charge in [0.05, 0.1) is 18.6 Å². The Morgan fingerprint density at radius 3 is 2.06 bits per heavy atom. The number of anilines is 1. The quantitative estimate of drug-likeness (QED) is 0.620. The van der Waals surface area contributed by atoms with E-state index in [0.29, 0.717) is 50.0 Å². The zero-order valence-corrected chi connectivity index (χ0v) is 19.3. The van der Waals surface area contributed by atoms with Crippen molar-refractivity contribution in [3.05, 3.63) is 48.5 Å². The third kappa shape index (κ3) is 6.51. The van der Waals surface area contributed by atoms with Crippen LogP contribution in [-0.4, -0.2) is 76.7 Å². The predicted molar refractivity (Wildman–Crippen MR) is 121 cm³/mol. The Hall–Kier alpha value is -3.47. The van der Waals surface area contributed by atoms with E-state index in [1.165, 1.54) is 31.4 Å². The molecule has 0 bridgehead atoms. The van der Waals surface area contributed by atoms with E-state index in [-0.39, 0.29) is 23.5 Å². The Kier molecular flexibility index (Phi) is 7.99. The molecule has 1 N–H and O–H groups in total. The molecule has 0 spiro atoms. The molecule has 2 aromatic carbocycles. The van der Waals surface area contributed by atoms with Gasteiger partial charge in [-0.3, -0.25) is 9.52 Å². The van der Waals surface area contributed by atoms with E-state index in [1.54, 1.807) is 41.0 Å². The second kappa shape index (κ2) is 10.9. The van der Waals surface area contributed by atoms with Crippen LogP contribution in [0.15, 0.2) is 53.4 Å². The molecule has 1 fully saturated rings. The fourth-order valence-corrected chi connectivity index (χ4v) is 4.24. The zero-order valence-electron chi connectivity index (χ0n) is 18.5. The van der Waals surface area contributed by atoms with Gasteiger partial charge in [0.25, 0.3) is 15.9 Å². The van der Waals surface area contributed by atoms with Crippen molar-refractivity contribution in [1.29, 1.82) is 0 Å². The van der Waals surface area contributed by atoms with Crippen molar-refractivity contribution in [3.8, 4) is 11.5 Å². The fourth-order valence-electron chi connectivity index (χ4n) is 3.18. The number of piperazine rings is 1. The molecule has 1 saturated heterocycles. The Morgan fingerprint density at radius 1 is 0.909 bits per heavy atom. The predicted octanol–water partition coefficient (Wildman–Crippen LogP) is 2.18. The molecule has 1 aliphatic rings. The van der Waals surface area contributed by atoms with Crippen LogP contribution in [0, 0.1) is 0 Å². The minimum Gasteiger partial charge on any atom is -0.497 e. The summed E-state index contributed by atoms with van der Waals surface area (Å²) in [5.41, 5.74) is 0.407. The molecule has 11 heteroatoms. The van der Waals surface area contributed by atoms with Gasteiger partial charge in [-0.2, -0.15) is 0 Å². The summed E-state index contributed by atoms with van der Waals surface area (Å²) in [6, 6.07) is 12.3. The lowest BCUT2D eigenvalue weighted by molar-refractivity contribution is -0.134.